The Morgan fingerprint density at radius 3 is 2.58 bits per heavy atom. The third-order valence-electron chi connectivity index (χ3n) is 3.13. The summed E-state index contributed by atoms with van der Waals surface area (Å²) in [6.07, 6.45) is 2.65. The molecular weight excluding hydrogens is 398 g/mol. The summed E-state index contributed by atoms with van der Waals surface area (Å²) in [6, 6.07) is 1.87. The smallest absolute Gasteiger partial charge is 0.191 e. The van der Waals surface area contributed by atoms with Gasteiger partial charge in [0.1, 0.15) is 5.15 Å². The molecule has 19 heavy (non-hydrogen) atoms. The average Bonchev–Trinajstić information content (AvgIpc) is 3.15. The topological polar surface area (TPSA) is 41.4 Å². The molecule has 1 aromatic rings. The van der Waals surface area contributed by atoms with Gasteiger partial charge in [-0.25, -0.2) is 0 Å². The Hall–Kier alpha value is -0.140. The predicted molar refractivity (Wildman–Crippen MR) is 91.8 cm³/mol. The molecule has 0 unspecified atom stereocenters. The van der Waals surface area contributed by atoms with Crippen molar-refractivity contribution in [3.8, 4) is 0 Å². The lowest BCUT2D eigenvalue weighted by Gasteiger charge is -2.12. The number of guanidine groups is 1. The molecule has 0 aliphatic heterocycles. The molecule has 1 heterocycles. The standard InChI is InChI=1S/C12H18Cl2N4.HI/c1-15-12(16-6-8-3-4-8)17-7-9-5-10(13)11(14)18(9)2;/h5,8H,3-4,6-7H2,1-2H3,(H2,15,16,17);1H. The van der Waals surface area contributed by atoms with E-state index in [1.807, 2.05) is 17.7 Å². The Morgan fingerprint density at radius 1 is 1.42 bits per heavy atom. The zero-order chi connectivity index (χ0) is 13.1. The van der Waals surface area contributed by atoms with Gasteiger partial charge in [0, 0.05) is 26.3 Å². The minimum atomic E-state index is 0. The summed E-state index contributed by atoms with van der Waals surface area (Å²) in [5.74, 6) is 1.64. The molecule has 2 rings (SSSR count). The Morgan fingerprint density at radius 2 is 2.11 bits per heavy atom. The fourth-order valence-corrected chi connectivity index (χ4v) is 2.13. The molecule has 0 radical (unpaired) electrons. The van der Waals surface area contributed by atoms with Crippen molar-refractivity contribution >= 4 is 53.1 Å². The normalized spacial score (nSPS) is 15.1. The van der Waals surface area contributed by atoms with Crippen molar-refractivity contribution < 1.29 is 0 Å². The van der Waals surface area contributed by atoms with Crippen LogP contribution in [0.1, 0.15) is 18.5 Å². The van der Waals surface area contributed by atoms with Crippen molar-refractivity contribution in [1.82, 2.24) is 15.2 Å². The molecule has 0 aromatic carbocycles. The van der Waals surface area contributed by atoms with E-state index < -0.39 is 0 Å². The zero-order valence-corrected chi connectivity index (χ0v) is 14.9. The first-order valence-corrected chi connectivity index (χ1v) is 6.81. The van der Waals surface area contributed by atoms with Gasteiger partial charge in [-0.3, -0.25) is 4.99 Å². The number of nitrogens with zero attached hydrogens (tertiary/aromatic N) is 2. The SMILES string of the molecule is CN=C(NCc1cc(Cl)c(Cl)n1C)NCC1CC1.I. The number of aromatic nitrogens is 1. The van der Waals surface area contributed by atoms with Crippen LogP contribution in [0.15, 0.2) is 11.1 Å². The minimum absolute atomic E-state index is 0. The quantitative estimate of drug-likeness (QED) is 0.450. The van der Waals surface area contributed by atoms with Crippen LogP contribution in [-0.4, -0.2) is 24.1 Å². The monoisotopic (exact) mass is 416 g/mol. The van der Waals surface area contributed by atoms with Gasteiger partial charge in [0.25, 0.3) is 0 Å². The molecule has 0 bridgehead atoms. The molecule has 108 valence electrons. The van der Waals surface area contributed by atoms with E-state index in [1.165, 1.54) is 12.8 Å². The van der Waals surface area contributed by atoms with Gasteiger partial charge >= 0.3 is 0 Å². The van der Waals surface area contributed by atoms with Crippen LogP contribution in [-0.2, 0) is 13.6 Å². The van der Waals surface area contributed by atoms with Gasteiger partial charge < -0.3 is 15.2 Å². The molecule has 0 atom stereocenters. The third-order valence-corrected chi connectivity index (χ3v) is 3.97. The van der Waals surface area contributed by atoms with Crippen LogP contribution in [0.25, 0.3) is 0 Å². The van der Waals surface area contributed by atoms with Gasteiger partial charge in [-0.15, -0.1) is 24.0 Å². The molecular formula is C12H19Cl2IN4. The maximum Gasteiger partial charge on any atom is 0.191 e. The van der Waals surface area contributed by atoms with Crippen LogP contribution in [0, 0.1) is 5.92 Å². The second kappa shape index (κ2) is 7.59. The Kier molecular flexibility index (Phi) is 6.76. The number of hydrogen-bond donors (Lipinski definition) is 2. The van der Waals surface area contributed by atoms with Crippen LogP contribution in [0.2, 0.25) is 10.2 Å². The van der Waals surface area contributed by atoms with E-state index in [2.05, 4.69) is 15.6 Å². The van der Waals surface area contributed by atoms with Gasteiger partial charge in [0.05, 0.1) is 11.6 Å². The number of hydrogen-bond acceptors (Lipinski definition) is 1. The van der Waals surface area contributed by atoms with E-state index in [0.717, 1.165) is 24.1 Å². The maximum atomic E-state index is 6.02. The fraction of sp³-hybridized carbons (Fsp3) is 0.583. The van der Waals surface area contributed by atoms with Gasteiger partial charge in [0.15, 0.2) is 5.96 Å². The van der Waals surface area contributed by atoms with Crippen molar-refractivity contribution in [2.45, 2.75) is 19.4 Å². The lowest BCUT2D eigenvalue weighted by Crippen LogP contribution is -2.38. The fourth-order valence-electron chi connectivity index (χ4n) is 1.72. The van der Waals surface area contributed by atoms with Crippen LogP contribution in [0.3, 0.4) is 0 Å². The summed E-state index contributed by atoms with van der Waals surface area (Å²) in [6.45, 7) is 1.64. The highest BCUT2D eigenvalue weighted by atomic mass is 127. The highest BCUT2D eigenvalue weighted by molar-refractivity contribution is 14.0. The third kappa shape index (κ3) is 4.72. The van der Waals surface area contributed by atoms with Gasteiger partial charge in [0.2, 0.25) is 0 Å². The van der Waals surface area contributed by atoms with Crippen LogP contribution < -0.4 is 10.6 Å². The number of halogens is 3. The molecule has 1 fully saturated rings. The summed E-state index contributed by atoms with van der Waals surface area (Å²) < 4.78 is 1.87. The van der Waals surface area contributed by atoms with Gasteiger partial charge in [-0.1, -0.05) is 23.2 Å². The van der Waals surface area contributed by atoms with E-state index in [-0.39, 0.29) is 24.0 Å². The second-order valence-electron chi connectivity index (χ2n) is 4.58. The highest BCUT2D eigenvalue weighted by Gasteiger charge is 2.21. The number of nitrogens with one attached hydrogen (secondary N) is 2. The first kappa shape index (κ1) is 16.9. The van der Waals surface area contributed by atoms with Crippen molar-refractivity contribution in [2.24, 2.45) is 18.0 Å². The summed E-state index contributed by atoms with van der Waals surface area (Å²) in [4.78, 5) is 4.18. The number of rotatable bonds is 4. The van der Waals surface area contributed by atoms with Gasteiger partial charge in [-0.2, -0.15) is 0 Å². The van der Waals surface area contributed by atoms with Crippen LogP contribution >= 0.6 is 47.2 Å². The first-order chi connectivity index (χ1) is 8.61. The Bertz CT molecular complexity index is 455. The second-order valence-corrected chi connectivity index (χ2v) is 5.35. The molecule has 0 spiro atoms. The zero-order valence-electron chi connectivity index (χ0n) is 11.0. The van der Waals surface area contributed by atoms with E-state index >= 15 is 0 Å². The molecule has 1 aliphatic carbocycles. The molecule has 1 aromatic heterocycles. The summed E-state index contributed by atoms with van der Waals surface area (Å²) >= 11 is 12.0. The molecule has 4 nitrogen and oxygen atoms in total. The minimum Gasteiger partial charge on any atom is -0.356 e. The van der Waals surface area contributed by atoms with Crippen molar-refractivity contribution in [3.63, 3.8) is 0 Å². The number of aliphatic imine (C=N–C) groups is 1. The van der Waals surface area contributed by atoms with E-state index in [0.29, 0.717) is 16.7 Å². The molecule has 1 aliphatic rings. The average molecular weight is 417 g/mol. The lowest BCUT2D eigenvalue weighted by atomic mass is 10.4. The Balaban J connectivity index is 0.00000180. The predicted octanol–water partition coefficient (Wildman–Crippen LogP) is 3.02. The molecule has 1 saturated carbocycles. The lowest BCUT2D eigenvalue weighted by molar-refractivity contribution is 0.719. The molecule has 0 amide bonds. The molecule has 7 heteroatoms. The van der Waals surface area contributed by atoms with Crippen molar-refractivity contribution in [3.05, 3.63) is 21.9 Å². The Labute approximate surface area is 141 Å². The van der Waals surface area contributed by atoms with E-state index in [4.69, 9.17) is 23.2 Å². The maximum absolute atomic E-state index is 6.02. The van der Waals surface area contributed by atoms with E-state index in [9.17, 15) is 0 Å². The summed E-state index contributed by atoms with van der Waals surface area (Å²) in [5, 5.41) is 7.70. The molecule has 0 saturated heterocycles. The van der Waals surface area contributed by atoms with Crippen molar-refractivity contribution in [1.29, 1.82) is 0 Å². The highest BCUT2D eigenvalue weighted by Crippen LogP contribution is 2.27. The summed E-state index contributed by atoms with van der Waals surface area (Å²) in [5.41, 5.74) is 1.03. The largest absolute Gasteiger partial charge is 0.356 e. The van der Waals surface area contributed by atoms with Gasteiger partial charge in [-0.05, 0) is 24.8 Å². The van der Waals surface area contributed by atoms with Crippen molar-refractivity contribution in [2.75, 3.05) is 13.6 Å². The van der Waals surface area contributed by atoms with Crippen LogP contribution in [0.4, 0.5) is 0 Å². The molecule has 2 N–H and O–H groups in total. The van der Waals surface area contributed by atoms with Crippen LogP contribution in [0.5, 0.6) is 0 Å². The van der Waals surface area contributed by atoms with E-state index in [1.54, 1.807) is 7.05 Å². The summed E-state index contributed by atoms with van der Waals surface area (Å²) in [7, 11) is 3.67. The first-order valence-electron chi connectivity index (χ1n) is 6.06.